The second kappa shape index (κ2) is 7.39. The minimum Gasteiger partial charge on any atom is -0.356 e. The maximum absolute atomic E-state index is 11.8. The number of carbonyl (C=O) groups is 2. The lowest BCUT2D eigenvalue weighted by molar-refractivity contribution is -0.132. The van der Waals surface area contributed by atoms with Gasteiger partial charge in [-0.3, -0.25) is 20.3 Å². The van der Waals surface area contributed by atoms with Crippen LogP contribution in [0.25, 0.3) is 0 Å². The van der Waals surface area contributed by atoms with Crippen LogP contribution in [0, 0.1) is 11.8 Å². The highest BCUT2D eigenvalue weighted by Crippen LogP contribution is 2.26. The number of amides is 2. The first-order valence-electron chi connectivity index (χ1n) is 8.55. The van der Waals surface area contributed by atoms with Crippen LogP contribution in [-0.4, -0.2) is 43.7 Å². The highest BCUT2D eigenvalue weighted by molar-refractivity contribution is 5.80. The third-order valence-electron chi connectivity index (χ3n) is 5.05. The van der Waals surface area contributed by atoms with Gasteiger partial charge in [-0.25, -0.2) is 5.43 Å². The molecule has 3 unspecified atom stereocenters. The summed E-state index contributed by atoms with van der Waals surface area (Å²) >= 11 is 0. The molecule has 2 amide bonds. The summed E-state index contributed by atoms with van der Waals surface area (Å²) in [6, 6.07) is 0.145. The number of hydrogen-bond acceptors (Lipinski definition) is 5. The number of hydrogen-bond donors (Lipinski definition) is 5. The zero-order valence-corrected chi connectivity index (χ0v) is 13.0. The van der Waals surface area contributed by atoms with E-state index in [1.807, 2.05) is 0 Å². The molecule has 2 heterocycles. The SMILES string of the molecule is O=C(NCCCNC1NNC(=O)C2CCCNC12)C1CCC1. The average molecular weight is 309 g/mol. The maximum Gasteiger partial charge on any atom is 0.238 e. The largest absolute Gasteiger partial charge is 0.356 e. The van der Waals surface area contributed by atoms with Crippen LogP contribution in [-0.2, 0) is 9.59 Å². The predicted octanol–water partition coefficient (Wildman–Crippen LogP) is -0.789. The first kappa shape index (κ1) is 15.7. The molecule has 0 aromatic heterocycles. The summed E-state index contributed by atoms with van der Waals surface area (Å²) in [5.74, 6) is 0.604. The van der Waals surface area contributed by atoms with Gasteiger partial charge in [-0.05, 0) is 45.2 Å². The molecule has 3 atom stereocenters. The summed E-state index contributed by atoms with van der Waals surface area (Å²) in [4.78, 5) is 23.5. The molecular formula is C15H27N5O2. The molecule has 2 aliphatic heterocycles. The molecule has 1 aliphatic carbocycles. The normalized spacial score (nSPS) is 31.8. The molecule has 3 rings (SSSR count). The fourth-order valence-electron chi connectivity index (χ4n) is 3.44. The van der Waals surface area contributed by atoms with E-state index in [2.05, 4.69) is 26.8 Å². The van der Waals surface area contributed by atoms with Crippen molar-refractivity contribution < 1.29 is 9.59 Å². The summed E-state index contributed by atoms with van der Waals surface area (Å²) in [5.41, 5.74) is 5.80. The third-order valence-corrected chi connectivity index (χ3v) is 5.05. The van der Waals surface area contributed by atoms with Crippen molar-refractivity contribution >= 4 is 11.8 Å². The molecule has 0 spiro atoms. The van der Waals surface area contributed by atoms with Crippen molar-refractivity contribution in [2.24, 2.45) is 11.8 Å². The van der Waals surface area contributed by atoms with Crippen LogP contribution in [0.15, 0.2) is 0 Å². The van der Waals surface area contributed by atoms with Gasteiger partial charge in [0.05, 0.1) is 12.1 Å². The van der Waals surface area contributed by atoms with Gasteiger partial charge >= 0.3 is 0 Å². The molecule has 22 heavy (non-hydrogen) atoms. The van der Waals surface area contributed by atoms with Gasteiger partial charge in [0.1, 0.15) is 0 Å². The second-order valence-corrected chi connectivity index (χ2v) is 6.57. The van der Waals surface area contributed by atoms with Gasteiger partial charge in [-0.1, -0.05) is 6.42 Å². The van der Waals surface area contributed by atoms with Gasteiger partial charge in [0, 0.05) is 18.5 Å². The summed E-state index contributed by atoms with van der Waals surface area (Å²) in [6.45, 7) is 2.48. The van der Waals surface area contributed by atoms with E-state index in [1.54, 1.807) is 0 Å². The van der Waals surface area contributed by atoms with Crippen molar-refractivity contribution in [2.45, 2.75) is 50.7 Å². The number of nitrogens with one attached hydrogen (secondary N) is 5. The number of rotatable bonds is 6. The Morgan fingerprint density at radius 1 is 1.18 bits per heavy atom. The summed E-state index contributed by atoms with van der Waals surface area (Å²) in [5, 5.41) is 9.87. The zero-order valence-electron chi connectivity index (χ0n) is 13.0. The van der Waals surface area contributed by atoms with Crippen molar-refractivity contribution in [3.63, 3.8) is 0 Å². The Hall–Kier alpha value is -1.18. The monoisotopic (exact) mass is 309 g/mol. The molecule has 0 aromatic carbocycles. The lowest BCUT2D eigenvalue weighted by Crippen LogP contribution is -2.71. The van der Waals surface area contributed by atoms with Crippen molar-refractivity contribution in [3.8, 4) is 0 Å². The highest BCUT2D eigenvalue weighted by atomic mass is 16.2. The average Bonchev–Trinajstić information content (AvgIpc) is 2.47. The van der Waals surface area contributed by atoms with E-state index in [-0.39, 0.29) is 35.9 Å². The van der Waals surface area contributed by atoms with Crippen LogP contribution in [0.5, 0.6) is 0 Å². The van der Waals surface area contributed by atoms with Gasteiger partial charge in [0.2, 0.25) is 11.8 Å². The zero-order chi connectivity index (χ0) is 15.4. The van der Waals surface area contributed by atoms with Crippen LogP contribution >= 0.6 is 0 Å². The second-order valence-electron chi connectivity index (χ2n) is 6.57. The standard InChI is InChI=1S/C15H27N5O2/c21-14(10-4-1-5-10)18-9-3-8-17-13-12-11(6-2-7-16-12)15(22)20-19-13/h10-13,16-17,19H,1-9H2,(H,18,21)(H,20,22). The molecule has 3 fully saturated rings. The van der Waals surface area contributed by atoms with Crippen LogP contribution in [0.1, 0.15) is 38.5 Å². The van der Waals surface area contributed by atoms with Gasteiger partial charge < -0.3 is 10.6 Å². The molecule has 0 bridgehead atoms. The van der Waals surface area contributed by atoms with Crippen LogP contribution in [0.2, 0.25) is 0 Å². The summed E-state index contributed by atoms with van der Waals surface area (Å²) in [7, 11) is 0. The van der Waals surface area contributed by atoms with Crippen molar-refractivity contribution in [1.29, 1.82) is 0 Å². The van der Waals surface area contributed by atoms with E-state index in [1.165, 1.54) is 6.42 Å². The molecule has 5 N–H and O–H groups in total. The summed E-state index contributed by atoms with van der Waals surface area (Å²) < 4.78 is 0. The maximum atomic E-state index is 11.8. The highest BCUT2D eigenvalue weighted by Gasteiger charge is 2.39. The molecule has 124 valence electrons. The topological polar surface area (TPSA) is 94.3 Å². The third kappa shape index (κ3) is 3.59. The van der Waals surface area contributed by atoms with E-state index < -0.39 is 0 Å². The molecule has 0 aromatic rings. The van der Waals surface area contributed by atoms with E-state index in [0.717, 1.165) is 45.2 Å². The fraction of sp³-hybridized carbons (Fsp3) is 0.867. The molecular weight excluding hydrogens is 282 g/mol. The molecule has 3 aliphatic rings. The van der Waals surface area contributed by atoms with Crippen LogP contribution in [0.3, 0.4) is 0 Å². The van der Waals surface area contributed by atoms with E-state index >= 15 is 0 Å². The number of carbonyl (C=O) groups excluding carboxylic acids is 2. The van der Waals surface area contributed by atoms with Gasteiger partial charge in [0.15, 0.2) is 0 Å². The van der Waals surface area contributed by atoms with Gasteiger partial charge in [-0.2, -0.15) is 0 Å². The lowest BCUT2D eigenvalue weighted by Gasteiger charge is -2.42. The van der Waals surface area contributed by atoms with Crippen molar-refractivity contribution in [3.05, 3.63) is 0 Å². The Bertz CT molecular complexity index is 413. The Labute approximate surface area is 131 Å². The molecule has 1 saturated carbocycles. The van der Waals surface area contributed by atoms with E-state index in [4.69, 9.17) is 0 Å². The first-order valence-corrected chi connectivity index (χ1v) is 8.55. The van der Waals surface area contributed by atoms with Crippen molar-refractivity contribution in [1.82, 2.24) is 26.8 Å². The van der Waals surface area contributed by atoms with E-state index in [9.17, 15) is 9.59 Å². The van der Waals surface area contributed by atoms with Gasteiger partial charge in [0.25, 0.3) is 0 Å². The van der Waals surface area contributed by atoms with E-state index in [0.29, 0.717) is 6.54 Å². The van der Waals surface area contributed by atoms with Gasteiger partial charge in [-0.15, -0.1) is 0 Å². The fourth-order valence-corrected chi connectivity index (χ4v) is 3.44. The molecule has 0 radical (unpaired) electrons. The Morgan fingerprint density at radius 3 is 2.82 bits per heavy atom. The Balaban J connectivity index is 1.34. The number of fused-ring (bicyclic) bond motifs is 1. The minimum absolute atomic E-state index is 0.0466. The quantitative estimate of drug-likeness (QED) is 0.415. The Kier molecular flexibility index (Phi) is 5.28. The number of piperidine rings is 1. The summed E-state index contributed by atoms with van der Waals surface area (Å²) in [6.07, 6.45) is 6.21. The molecule has 7 heteroatoms. The first-order chi connectivity index (χ1) is 10.8. The number of hydrazine groups is 1. The predicted molar refractivity (Wildman–Crippen MR) is 82.6 cm³/mol. The lowest BCUT2D eigenvalue weighted by atomic mass is 9.85. The Morgan fingerprint density at radius 2 is 2.05 bits per heavy atom. The molecule has 7 nitrogen and oxygen atoms in total. The smallest absolute Gasteiger partial charge is 0.238 e. The van der Waals surface area contributed by atoms with Crippen LogP contribution < -0.4 is 26.8 Å². The molecule has 2 saturated heterocycles. The van der Waals surface area contributed by atoms with Crippen molar-refractivity contribution in [2.75, 3.05) is 19.6 Å². The minimum atomic E-state index is 0.0466. The van der Waals surface area contributed by atoms with Crippen LogP contribution in [0.4, 0.5) is 0 Å².